The lowest BCUT2D eigenvalue weighted by molar-refractivity contribution is -0.143. The minimum absolute atomic E-state index is 0.338. The normalized spacial score (nSPS) is 11.6. The van der Waals surface area contributed by atoms with Crippen LogP contribution in [0.25, 0.3) is 0 Å². The van der Waals surface area contributed by atoms with E-state index in [0.717, 1.165) is 0 Å². The molecule has 44 valence electrons. The number of terminal acetylenes is 1. The van der Waals surface area contributed by atoms with Crippen LogP contribution in [-0.4, -0.2) is 12.1 Å². The molecule has 0 aromatic carbocycles. The van der Waals surface area contributed by atoms with E-state index >= 15 is 0 Å². The van der Waals surface area contributed by atoms with Gasteiger partial charge in [-0.05, 0) is 6.92 Å². The van der Waals surface area contributed by atoms with Crippen LogP contribution < -0.4 is 0 Å². The molecule has 0 aromatic rings. The lowest BCUT2D eigenvalue weighted by Crippen LogP contribution is -2.08. The van der Waals surface area contributed by atoms with Crippen molar-refractivity contribution in [2.24, 2.45) is 0 Å². The van der Waals surface area contributed by atoms with Crippen LogP contribution in [0.4, 0.5) is 0 Å². The average Bonchev–Trinajstić information content (AvgIpc) is 1.65. The number of rotatable bonds is 1. The summed E-state index contributed by atoms with van der Waals surface area (Å²) < 4.78 is 4.52. The van der Waals surface area contributed by atoms with E-state index in [1.54, 1.807) is 6.92 Å². The largest absolute Gasteiger partial charge is 0.450 e. The lowest BCUT2D eigenvalue weighted by atomic mass is 10.4. The van der Waals surface area contributed by atoms with Crippen molar-refractivity contribution in [3.8, 4) is 12.3 Å². The highest BCUT2D eigenvalue weighted by Crippen LogP contribution is 1.85. The molecule has 0 aromatic heterocycles. The van der Waals surface area contributed by atoms with Gasteiger partial charge in [0.2, 0.25) is 0 Å². The maximum absolute atomic E-state index is 10.1. The van der Waals surface area contributed by atoms with Gasteiger partial charge >= 0.3 is 5.97 Å². The molecule has 0 aliphatic heterocycles. The smallest absolute Gasteiger partial charge is 0.303 e. The predicted octanol–water partition coefficient (Wildman–Crippen LogP) is 0.571. The molecule has 0 bridgehead atoms. The molecule has 0 unspecified atom stereocenters. The van der Waals surface area contributed by atoms with E-state index in [1.165, 1.54) is 6.92 Å². The first kappa shape index (κ1) is 7.03. The molecule has 0 spiro atoms. The van der Waals surface area contributed by atoms with Crippen LogP contribution in [0.1, 0.15) is 13.8 Å². The van der Waals surface area contributed by atoms with Crippen LogP contribution in [0.3, 0.4) is 0 Å². The van der Waals surface area contributed by atoms with Crippen molar-refractivity contribution in [2.75, 3.05) is 0 Å². The number of ether oxygens (including phenoxy) is 1. The molecule has 0 fully saturated rings. The Balaban J connectivity index is 3.43. The van der Waals surface area contributed by atoms with Gasteiger partial charge in [0.05, 0.1) is 0 Å². The van der Waals surface area contributed by atoms with E-state index in [1.807, 2.05) is 0 Å². The Bertz CT molecular complexity index is 121. The van der Waals surface area contributed by atoms with Gasteiger partial charge in [-0.2, -0.15) is 0 Å². The molecule has 0 radical (unpaired) electrons. The highest BCUT2D eigenvalue weighted by Gasteiger charge is 1.96. The van der Waals surface area contributed by atoms with Crippen molar-refractivity contribution in [1.29, 1.82) is 0 Å². The Labute approximate surface area is 48.8 Å². The van der Waals surface area contributed by atoms with Gasteiger partial charge in [0, 0.05) is 6.92 Å². The SMILES string of the molecule is C#C[C@@H](C)OC(C)=O. The lowest BCUT2D eigenvalue weighted by Gasteiger charge is -2.01. The van der Waals surface area contributed by atoms with Gasteiger partial charge in [-0.1, -0.05) is 5.92 Å². The van der Waals surface area contributed by atoms with E-state index in [0.29, 0.717) is 0 Å². The van der Waals surface area contributed by atoms with Crippen molar-refractivity contribution >= 4 is 5.97 Å². The first-order chi connectivity index (χ1) is 3.66. The molecule has 0 aliphatic carbocycles. The van der Waals surface area contributed by atoms with Crippen molar-refractivity contribution in [3.05, 3.63) is 0 Å². The van der Waals surface area contributed by atoms with E-state index in [9.17, 15) is 4.79 Å². The fourth-order valence-electron chi connectivity index (χ4n) is 0.283. The van der Waals surface area contributed by atoms with Gasteiger partial charge in [-0.15, -0.1) is 6.42 Å². The van der Waals surface area contributed by atoms with Gasteiger partial charge < -0.3 is 4.74 Å². The highest BCUT2D eigenvalue weighted by atomic mass is 16.5. The summed E-state index contributed by atoms with van der Waals surface area (Å²) in [5.74, 6) is 1.92. The van der Waals surface area contributed by atoms with Gasteiger partial charge in [0.25, 0.3) is 0 Å². The molecule has 2 nitrogen and oxygen atoms in total. The van der Waals surface area contributed by atoms with Crippen molar-refractivity contribution < 1.29 is 9.53 Å². The highest BCUT2D eigenvalue weighted by molar-refractivity contribution is 5.66. The summed E-state index contributed by atoms with van der Waals surface area (Å²) in [6.07, 6.45) is 4.50. The maximum Gasteiger partial charge on any atom is 0.303 e. The summed E-state index contributed by atoms with van der Waals surface area (Å²) >= 11 is 0. The summed E-state index contributed by atoms with van der Waals surface area (Å²) in [6, 6.07) is 0. The monoisotopic (exact) mass is 112 g/mol. The van der Waals surface area contributed by atoms with E-state index in [4.69, 9.17) is 6.42 Å². The van der Waals surface area contributed by atoms with Gasteiger partial charge in [-0.25, -0.2) is 0 Å². The molecule has 0 amide bonds. The summed E-state index contributed by atoms with van der Waals surface area (Å²) in [5.41, 5.74) is 0. The number of carbonyl (C=O) groups excluding carboxylic acids is 1. The van der Waals surface area contributed by atoms with E-state index in [2.05, 4.69) is 10.7 Å². The Hall–Kier alpha value is -0.970. The third-order valence-electron chi connectivity index (χ3n) is 0.577. The zero-order chi connectivity index (χ0) is 6.57. The number of hydrogen-bond acceptors (Lipinski definition) is 2. The second kappa shape index (κ2) is 3.09. The average molecular weight is 112 g/mol. The Morgan fingerprint density at radius 2 is 2.38 bits per heavy atom. The fraction of sp³-hybridized carbons (Fsp3) is 0.500. The van der Waals surface area contributed by atoms with E-state index in [-0.39, 0.29) is 5.97 Å². The van der Waals surface area contributed by atoms with Gasteiger partial charge in [-0.3, -0.25) is 4.79 Å². The topological polar surface area (TPSA) is 26.3 Å². The second-order valence-electron chi connectivity index (χ2n) is 1.42. The maximum atomic E-state index is 10.1. The standard InChI is InChI=1S/C6H8O2/c1-4-5(2)8-6(3)7/h1,5H,2-3H3/t5-/m1/s1. The molecule has 0 aliphatic rings. The molecule has 8 heavy (non-hydrogen) atoms. The zero-order valence-electron chi connectivity index (χ0n) is 4.97. The number of esters is 1. The molecular formula is C6H8O2. The first-order valence-corrected chi connectivity index (χ1v) is 2.30. The fourth-order valence-corrected chi connectivity index (χ4v) is 0.283. The molecule has 1 atom stereocenters. The van der Waals surface area contributed by atoms with Gasteiger partial charge in [0.1, 0.15) is 0 Å². The zero-order valence-corrected chi connectivity index (χ0v) is 4.97. The molecular weight excluding hydrogens is 104 g/mol. The van der Waals surface area contributed by atoms with Crippen LogP contribution in [-0.2, 0) is 9.53 Å². The van der Waals surface area contributed by atoms with Crippen LogP contribution in [0, 0.1) is 12.3 Å². The summed E-state index contributed by atoms with van der Waals surface area (Å²) in [6.45, 7) is 2.97. The van der Waals surface area contributed by atoms with Crippen molar-refractivity contribution in [2.45, 2.75) is 20.0 Å². The molecule has 2 heteroatoms. The Morgan fingerprint density at radius 3 is 2.50 bits per heavy atom. The Morgan fingerprint density at radius 1 is 1.88 bits per heavy atom. The van der Waals surface area contributed by atoms with Crippen LogP contribution in [0.5, 0.6) is 0 Å². The third-order valence-corrected chi connectivity index (χ3v) is 0.577. The van der Waals surface area contributed by atoms with Crippen molar-refractivity contribution in [1.82, 2.24) is 0 Å². The second-order valence-corrected chi connectivity index (χ2v) is 1.42. The minimum Gasteiger partial charge on any atom is -0.450 e. The van der Waals surface area contributed by atoms with Crippen LogP contribution in [0.15, 0.2) is 0 Å². The van der Waals surface area contributed by atoms with Crippen LogP contribution in [0.2, 0.25) is 0 Å². The quantitative estimate of drug-likeness (QED) is 0.366. The van der Waals surface area contributed by atoms with E-state index < -0.39 is 6.10 Å². The molecule has 0 rings (SSSR count). The number of carbonyl (C=O) groups is 1. The minimum atomic E-state index is -0.396. The number of hydrogen-bond donors (Lipinski definition) is 0. The third kappa shape index (κ3) is 3.23. The first-order valence-electron chi connectivity index (χ1n) is 2.30. The molecule has 0 saturated carbocycles. The predicted molar refractivity (Wildman–Crippen MR) is 30.1 cm³/mol. The summed E-state index contributed by atoms with van der Waals surface area (Å²) in [7, 11) is 0. The van der Waals surface area contributed by atoms with Crippen LogP contribution >= 0.6 is 0 Å². The summed E-state index contributed by atoms with van der Waals surface area (Å²) in [4.78, 5) is 10.1. The van der Waals surface area contributed by atoms with Crippen molar-refractivity contribution in [3.63, 3.8) is 0 Å². The molecule has 0 N–H and O–H groups in total. The summed E-state index contributed by atoms with van der Waals surface area (Å²) in [5, 5.41) is 0. The van der Waals surface area contributed by atoms with Gasteiger partial charge in [0.15, 0.2) is 6.10 Å². The Kier molecular flexibility index (Phi) is 2.71. The molecule has 0 heterocycles. The molecule has 0 saturated heterocycles.